The Morgan fingerprint density at radius 2 is 1.86 bits per heavy atom. The fourth-order valence-corrected chi connectivity index (χ4v) is 4.49. The summed E-state index contributed by atoms with van der Waals surface area (Å²) in [6.07, 6.45) is 5.51. The lowest BCUT2D eigenvalue weighted by atomic mass is 9.96. The molecule has 0 amide bonds. The number of rotatable bonds is 6. The van der Waals surface area contributed by atoms with E-state index in [2.05, 4.69) is 5.32 Å². The van der Waals surface area contributed by atoms with Gasteiger partial charge in [0.2, 0.25) is 10.0 Å². The van der Waals surface area contributed by atoms with Gasteiger partial charge in [0, 0.05) is 19.6 Å². The van der Waals surface area contributed by atoms with Crippen molar-refractivity contribution in [3.05, 3.63) is 35.4 Å². The fourth-order valence-electron chi connectivity index (χ4n) is 3.02. The summed E-state index contributed by atoms with van der Waals surface area (Å²) in [6, 6.07) is 7.99. The number of hydrogen-bond donors (Lipinski definition) is 1. The Morgan fingerprint density at radius 1 is 1.19 bits per heavy atom. The van der Waals surface area contributed by atoms with Gasteiger partial charge < -0.3 is 5.32 Å². The minimum atomic E-state index is -3.23. The van der Waals surface area contributed by atoms with Crippen molar-refractivity contribution in [2.24, 2.45) is 0 Å². The molecule has 1 aliphatic rings. The predicted molar refractivity (Wildman–Crippen MR) is 86.5 cm³/mol. The first-order valence-electron chi connectivity index (χ1n) is 7.71. The van der Waals surface area contributed by atoms with Crippen LogP contribution in [0.1, 0.15) is 43.2 Å². The molecule has 0 spiro atoms. The van der Waals surface area contributed by atoms with E-state index in [0.29, 0.717) is 0 Å². The van der Waals surface area contributed by atoms with Gasteiger partial charge in [-0.05, 0) is 31.0 Å². The number of nitrogens with one attached hydrogen (secondary N) is 1. The predicted octanol–water partition coefficient (Wildman–Crippen LogP) is 2.50. The van der Waals surface area contributed by atoms with E-state index >= 15 is 0 Å². The summed E-state index contributed by atoms with van der Waals surface area (Å²) >= 11 is 0. The van der Waals surface area contributed by atoms with E-state index in [1.54, 1.807) is 11.4 Å². The second-order valence-corrected chi connectivity index (χ2v) is 7.94. The van der Waals surface area contributed by atoms with Crippen molar-refractivity contribution in [3.63, 3.8) is 0 Å². The molecule has 0 aromatic heterocycles. The first-order chi connectivity index (χ1) is 10.0. The first-order valence-corrected chi connectivity index (χ1v) is 9.32. The summed E-state index contributed by atoms with van der Waals surface area (Å²) < 4.78 is 26.8. The summed E-state index contributed by atoms with van der Waals surface area (Å²) in [5.41, 5.74) is 1.98. The molecule has 1 saturated carbocycles. The van der Waals surface area contributed by atoms with Crippen molar-refractivity contribution in [2.45, 2.75) is 50.4 Å². The van der Waals surface area contributed by atoms with Crippen LogP contribution in [-0.4, -0.2) is 32.9 Å². The molecular formula is C16H26N2O2S. The maximum Gasteiger partial charge on any atom is 0.218 e. The number of benzene rings is 1. The third-order valence-electron chi connectivity index (χ3n) is 4.25. The Labute approximate surface area is 128 Å². The van der Waals surface area contributed by atoms with Gasteiger partial charge in [0.25, 0.3) is 0 Å². The van der Waals surface area contributed by atoms with Crippen molar-refractivity contribution in [3.8, 4) is 0 Å². The van der Waals surface area contributed by atoms with Crippen LogP contribution >= 0.6 is 0 Å². The molecule has 5 heteroatoms. The van der Waals surface area contributed by atoms with Gasteiger partial charge in [-0.3, -0.25) is 0 Å². The molecule has 1 aromatic rings. The Balaban J connectivity index is 2.07. The molecule has 1 aliphatic carbocycles. The normalized spacial score (nSPS) is 17.3. The van der Waals surface area contributed by atoms with E-state index in [1.165, 1.54) is 6.42 Å². The Morgan fingerprint density at radius 3 is 2.52 bits per heavy atom. The van der Waals surface area contributed by atoms with Gasteiger partial charge in [-0.15, -0.1) is 0 Å². The maximum absolute atomic E-state index is 12.6. The van der Waals surface area contributed by atoms with Gasteiger partial charge in [0.15, 0.2) is 0 Å². The molecule has 1 aromatic carbocycles. The third-order valence-corrected chi connectivity index (χ3v) is 6.12. The van der Waals surface area contributed by atoms with E-state index in [-0.39, 0.29) is 11.8 Å². The van der Waals surface area contributed by atoms with E-state index in [0.717, 1.165) is 43.4 Å². The molecule has 2 rings (SSSR count). The van der Waals surface area contributed by atoms with Crippen molar-refractivity contribution in [1.29, 1.82) is 0 Å². The van der Waals surface area contributed by atoms with Crippen LogP contribution in [0.15, 0.2) is 24.3 Å². The van der Waals surface area contributed by atoms with Gasteiger partial charge in [0.05, 0.1) is 5.75 Å². The standard InChI is InChI=1S/C16H26N2O2S/c1-17-12-14-7-6-8-15(11-14)13-21(19,20)18(2)16-9-4-3-5-10-16/h6-8,11,16-17H,3-5,9-10,12-13H2,1-2H3. The Kier molecular flexibility index (Phi) is 5.79. The zero-order valence-electron chi connectivity index (χ0n) is 13.0. The number of nitrogens with zero attached hydrogens (tertiary/aromatic N) is 1. The molecule has 0 unspecified atom stereocenters. The third kappa shape index (κ3) is 4.53. The van der Waals surface area contributed by atoms with Crippen LogP contribution in [0, 0.1) is 0 Å². The molecule has 0 atom stereocenters. The van der Waals surface area contributed by atoms with Gasteiger partial charge in [-0.25, -0.2) is 12.7 Å². The van der Waals surface area contributed by atoms with E-state index < -0.39 is 10.0 Å². The van der Waals surface area contributed by atoms with Crippen LogP contribution in [-0.2, 0) is 22.3 Å². The first kappa shape index (κ1) is 16.5. The molecule has 118 valence electrons. The fraction of sp³-hybridized carbons (Fsp3) is 0.625. The molecule has 0 radical (unpaired) electrons. The molecule has 21 heavy (non-hydrogen) atoms. The lowest BCUT2D eigenvalue weighted by molar-refractivity contribution is 0.285. The smallest absolute Gasteiger partial charge is 0.218 e. The molecule has 0 aliphatic heterocycles. The average Bonchev–Trinajstić information content (AvgIpc) is 2.47. The average molecular weight is 310 g/mol. The second kappa shape index (κ2) is 7.38. The number of sulfonamides is 1. The highest BCUT2D eigenvalue weighted by molar-refractivity contribution is 7.88. The van der Waals surface area contributed by atoms with Crippen molar-refractivity contribution >= 4 is 10.0 Å². The molecule has 0 bridgehead atoms. The van der Waals surface area contributed by atoms with Crippen molar-refractivity contribution in [1.82, 2.24) is 9.62 Å². The van der Waals surface area contributed by atoms with Crippen LogP contribution < -0.4 is 5.32 Å². The summed E-state index contributed by atoms with van der Waals surface area (Å²) in [4.78, 5) is 0. The van der Waals surface area contributed by atoms with Crippen LogP contribution in [0.25, 0.3) is 0 Å². The summed E-state index contributed by atoms with van der Waals surface area (Å²) in [5, 5.41) is 3.09. The SMILES string of the molecule is CNCc1cccc(CS(=O)(=O)N(C)C2CCCCC2)c1. The molecule has 0 saturated heterocycles. The van der Waals surface area contributed by atoms with E-state index in [1.807, 2.05) is 31.3 Å². The van der Waals surface area contributed by atoms with Crippen molar-refractivity contribution in [2.75, 3.05) is 14.1 Å². The van der Waals surface area contributed by atoms with Crippen LogP contribution in [0.4, 0.5) is 0 Å². The van der Waals surface area contributed by atoms with Gasteiger partial charge in [-0.2, -0.15) is 0 Å². The van der Waals surface area contributed by atoms with E-state index in [9.17, 15) is 8.42 Å². The quantitative estimate of drug-likeness (QED) is 0.878. The van der Waals surface area contributed by atoms with Gasteiger partial charge in [-0.1, -0.05) is 43.5 Å². The molecular weight excluding hydrogens is 284 g/mol. The monoisotopic (exact) mass is 310 g/mol. The highest BCUT2D eigenvalue weighted by Crippen LogP contribution is 2.24. The molecule has 4 nitrogen and oxygen atoms in total. The summed E-state index contributed by atoms with van der Waals surface area (Å²) in [6.45, 7) is 0.756. The zero-order chi connectivity index (χ0) is 15.3. The van der Waals surface area contributed by atoms with Gasteiger partial charge in [0.1, 0.15) is 0 Å². The Bertz CT molecular complexity index is 551. The second-order valence-electron chi connectivity index (χ2n) is 5.91. The van der Waals surface area contributed by atoms with Gasteiger partial charge >= 0.3 is 0 Å². The molecule has 1 N–H and O–H groups in total. The highest BCUT2D eigenvalue weighted by Gasteiger charge is 2.27. The largest absolute Gasteiger partial charge is 0.316 e. The number of hydrogen-bond acceptors (Lipinski definition) is 3. The molecule has 0 heterocycles. The molecule has 1 fully saturated rings. The lowest BCUT2D eigenvalue weighted by Gasteiger charge is -2.30. The topological polar surface area (TPSA) is 49.4 Å². The minimum Gasteiger partial charge on any atom is -0.316 e. The van der Waals surface area contributed by atoms with E-state index in [4.69, 9.17) is 0 Å². The van der Waals surface area contributed by atoms with Crippen molar-refractivity contribution < 1.29 is 8.42 Å². The zero-order valence-corrected chi connectivity index (χ0v) is 13.8. The van der Waals surface area contributed by atoms with Crippen LogP contribution in [0.5, 0.6) is 0 Å². The maximum atomic E-state index is 12.6. The van der Waals surface area contributed by atoms with Crippen LogP contribution in [0.3, 0.4) is 0 Å². The lowest BCUT2D eigenvalue weighted by Crippen LogP contribution is -2.38. The highest BCUT2D eigenvalue weighted by atomic mass is 32.2. The van der Waals surface area contributed by atoms with Crippen LogP contribution in [0.2, 0.25) is 0 Å². The minimum absolute atomic E-state index is 0.0948. The Hall–Kier alpha value is -0.910. The summed E-state index contributed by atoms with van der Waals surface area (Å²) in [5.74, 6) is 0.0948. The summed E-state index contributed by atoms with van der Waals surface area (Å²) in [7, 11) is 0.396.